The van der Waals surface area contributed by atoms with Gasteiger partial charge in [-0.15, -0.1) is 0 Å². The van der Waals surface area contributed by atoms with Crippen molar-refractivity contribution in [2.24, 2.45) is 0 Å². The van der Waals surface area contributed by atoms with E-state index in [0.717, 1.165) is 0 Å². The molecule has 7 nitrogen and oxygen atoms in total. The lowest BCUT2D eigenvalue weighted by Crippen LogP contribution is -2.17. The third-order valence-electron chi connectivity index (χ3n) is 1.90. The van der Waals surface area contributed by atoms with Gasteiger partial charge < -0.3 is 18.5 Å². The summed E-state index contributed by atoms with van der Waals surface area (Å²) in [5, 5.41) is 0. The number of carbonyl (C=O) groups is 2. The Morgan fingerprint density at radius 2 is 1.55 bits per heavy atom. The van der Waals surface area contributed by atoms with Crippen molar-refractivity contribution in [1.82, 2.24) is 0 Å². The summed E-state index contributed by atoms with van der Waals surface area (Å²) in [7, 11) is -3.46. The van der Waals surface area contributed by atoms with Gasteiger partial charge in [0.25, 0.3) is 0 Å². The molecule has 0 N–H and O–H groups in total. The average Bonchev–Trinajstić information content (AvgIpc) is 2.34. The number of rotatable bonds is 10. The van der Waals surface area contributed by atoms with Crippen molar-refractivity contribution in [3.63, 3.8) is 0 Å². The summed E-state index contributed by atoms with van der Waals surface area (Å²) in [4.78, 5) is 22.5. The van der Waals surface area contributed by atoms with Gasteiger partial charge in [0.05, 0.1) is 13.2 Å². The first-order valence-electron chi connectivity index (χ1n) is 6.21. The van der Waals surface area contributed by atoms with Gasteiger partial charge in [0.2, 0.25) is 0 Å². The highest BCUT2D eigenvalue weighted by atomic mass is 31.2. The minimum absolute atomic E-state index is 0.0923. The van der Waals surface area contributed by atoms with Gasteiger partial charge in [0.15, 0.2) is 0 Å². The second kappa shape index (κ2) is 9.69. The van der Waals surface area contributed by atoms with E-state index in [4.69, 9.17) is 18.5 Å². The molecule has 20 heavy (non-hydrogen) atoms. The van der Waals surface area contributed by atoms with Crippen LogP contribution in [0.1, 0.15) is 20.8 Å². The molecule has 0 aliphatic heterocycles. The van der Waals surface area contributed by atoms with Gasteiger partial charge in [-0.25, -0.2) is 4.79 Å². The standard InChI is InChI=1S/C12H21O7P/c1-5-18-20(15,19-6-2)9-11(13)16-7-8-17-12(14)10(3)4/h3,5-9H2,1-2,4H3. The third-order valence-corrected chi connectivity index (χ3v) is 3.85. The van der Waals surface area contributed by atoms with E-state index in [-0.39, 0.29) is 32.0 Å². The zero-order valence-corrected chi connectivity index (χ0v) is 12.9. The Balaban J connectivity index is 4.06. The first-order chi connectivity index (χ1) is 9.34. The van der Waals surface area contributed by atoms with Gasteiger partial charge in [0, 0.05) is 5.57 Å². The molecular formula is C12H21O7P. The van der Waals surface area contributed by atoms with Gasteiger partial charge in [-0.3, -0.25) is 9.36 Å². The van der Waals surface area contributed by atoms with Crippen LogP contribution in [0.5, 0.6) is 0 Å². The first kappa shape index (κ1) is 18.8. The van der Waals surface area contributed by atoms with Crippen molar-refractivity contribution in [3.05, 3.63) is 12.2 Å². The topological polar surface area (TPSA) is 88.1 Å². The smallest absolute Gasteiger partial charge is 0.341 e. The lowest BCUT2D eigenvalue weighted by molar-refractivity contribution is -0.148. The molecule has 0 atom stereocenters. The molecule has 0 spiro atoms. The van der Waals surface area contributed by atoms with Crippen LogP contribution in [0.25, 0.3) is 0 Å². The molecule has 0 bridgehead atoms. The van der Waals surface area contributed by atoms with E-state index in [2.05, 4.69) is 6.58 Å². The molecule has 0 amide bonds. The Morgan fingerprint density at radius 1 is 1.05 bits per heavy atom. The maximum absolute atomic E-state index is 12.0. The maximum Gasteiger partial charge on any atom is 0.341 e. The largest absolute Gasteiger partial charge is 0.462 e. The van der Waals surface area contributed by atoms with Gasteiger partial charge in [0.1, 0.15) is 19.4 Å². The summed E-state index contributed by atoms with van der Waals surface area (Å²) in [6.07, 6.45) is -0.469. The van der Waals surface area contributed by atoms with E-state index in [9.17, 15) is 14.2 Å². The van der Waals surface area contributed by atoms with E-state index >= 15 is 0 Å². The molecule has 0 rings (SSSR count). The molecule has 0 saturated heterocycles. The van der Waals surface area contributed by atoms with Crippen LogP contribution in [0.4, 0.5) is 0 Å². The molecule has 0 aromatic heterocycles. The number of carbonyl (C=O) groups excluding carboxylic acids is 2. The zero-order chi connectivity index (χ0) is 15.6. The molecule has 0 saturated carbocycles. The summed E-state index contributed by atoms with van der Waals surface area (Å²) >= 11 is 0. The second-order valence-corrected chi connectivity index (χ2v) is 5.80. The van der Waals surface area contributed by atoms with Crippen LogP contribution in [0.2, 0.25) is 0 Å². The molecule has 0 unspecified atom stereocenters. The van der Waals surface area contributed by atoms with Crippen LogP contribution in [0.15, 0.2) is 12.2 Å². The lowest BCUT2D eigenvalue weighted by Gasteiger charge is -2.16. The van der Waals surface area contributed by atoms with Crippen LogP contribution in [0, 0.1) is 0 Å². The second-order valence-electron chi connectivity index (χ2n) is 3.74. The normalized spacial score (nSPS) is 10.9. The molecule has 0 aromatic carbocycles. The SMILES string of the molecule is C=C(C)C(=O)OCCOC(=O)CP(=O)(OCC)OCC. The quantitative estimate of drug-likeness (QED) is 0.263. The molecule has 116 valence electrons. The van der Waals surface area contributed by atoms with Gasteiger partial charge in [-0.1, -0.05) is 6.58 Å². The van der Waals surface area contributed by atoms with Crippen LogP contribution in [0.3, 0.4) is 0 Å². The monoisotopic (exact) mass is 308 g/mol. The fraction of sp³-hybridized carbons (Fsp3) is 0.667. The van der Waals surface area contributed by atoms with E-state index < -0.39 is 25.7 Å². The zero-order valence-electron chi connectivity index (χ0n) is 12.0. The molecule has 0 aromatic rings. The highest BCUT2D eigenvalue weighted by molar-refractivity contribution is 7.54. The summed E-state index contributed by atoms with van der Waals surface area (Å²) < 4.78 is 31.4. The van der Waals surface area contributed by atoms with Crippen LogP contribution in [-0.2, 0) is 32.7 Å². The van der Waals surface area contributed by atoms with E-state index in [1.54, 1.807) is 13.8 Å². The molecule has 0 radical (unpaired) electrons. The maximum atomic E-state index is 12.0. The lowest BCUT2D eigenvalue weighted by atomic mass is 10.4. The highest BCUT2D eigenvalue weighted by Gasteiger charge is 2.28. The van der Waals surface area contributed by atoms with Crippen molar-refractivity contribution in [2.45, 2.75) is 20.8 Å². The third kappa shape index (κ3) is 8.09. The predicted molar refractivity (Wildman–Crippen MR) is 72.5 cm³/mol. The molecule has 0 fully saturated rings. The minimum atomic E-state index is -3.46. The minimum Gasteiger partial charge on any atom is -0.462 e. The number of esters is 2. The van der Waals surface area contributed by atoms with E-state index in [1.165, 1.54) is 6.92 Å². The summed E-state index contributed by atoms with van der Waals surface area (Å²) in [5.74, 6) is -1.29. The Bertz CT molecular complexity index is 381. The van der Waals surface area contributed by atoms with Crippen molar-refractivity contribution in [3.8, 4) is 0 Å². The van der Waals surface area contributed by atoms with Gasteiger partial charge in [-0.05, 0) is 20.8 Å². The first-order valence-corrected chi connectivity index (χ1v) is 7.93. The van der Waals surface area contributed by atoms with Crippen LogP contribution < -0.4 is 0 Å². The molecule has 0 aliphatic carbocycles. The molecule has 8 heteroatoms. The van der Waals surface area contributed by atoms with Crippen molar-refractivity contribution >= 4 is 19.5 Å². The van der Waals surface area contributed by atoms with Crippen LogP contribution >= 0.6 is 7.60 Å². The van der Waals surface area contributed by atoms with Crippen molar-refractivity contribution < 1.29 is 32.7 Å². The van der Waals surface area contributed by atoms with Crippen molar-refractivity contribution in [1.29, 1.82) is 0 Å². The fourth-order valence-electron chi connectivity index (χ4n) is 1.14. The van der Waals surface area contributed by atoms with Crippen LogP contribution in [-0.4, -0.2) is 44.5 Å². The Labute approximate surface area is 118 Å². The highest BCUT2D eigenvalue weighted by Crippen LogP contribution is 2.47. The summed E-state index contributed by atoms with van der Waals surface area (Å²) in [6.45, 7) is 8.32. The Morgan fingerprint density at radius 3 is 2.00 bits per heavy atom. The number of ether oxygens (including phenoxy) is 2. The Kier molecular flexibility index (Phi) is 9.12. The predicted octanol–water partition coefficient (Wildman–Crippen LogP) is 1.91. The summed E-state index contributed by atoms with van der Waals surface area (Å²) in [5.41, 5.74) is 0.258. The van der Waals surface area contributed by atoms with E-state index in [0.29, 0.717) is 0 Å². The Hall–Kier alpha value is -1.17. The molecular weight excluding hydrogens is 287 g/mol. The average molecular weight is 308 g/mol. The van der Waals surface area contributed by atoms with Gasteiger partial charge in [-0.2, -0.15) is 0 Å². The number of hydrogen-bond acceptors (Lipinski definition) is 7. The summed E-state index contributed by atoms with van der Waals surface area (Å²) in [6, 6.07) is 0. The number of hydrogen-bond donors (Lipinski definition) is 0. The fourth-order valence-corrected chi connectivity index (χ4v) is 2.59. The molecule has 0 heterocycles. The van der Waals surface area contributed by atoms with E-state index in [1.807, 2.05) is 0 Å². The van der Waals surface area contributed by atoms with Gasteiger partial charge >= 0.3 is 19.5 Å². The van der Waals surface area contributed by atoms with Crippen molar-refractivity contribution in [2.75, 3.05) is 32.6 Å². The molecule has 0 aliphatic rings.